The summed E-state index contributed by atoms with van der Waals surface area (Å²) in [6, 6.07) is 0. The molecule has 0 aromatic heterocycles. The van der Waals surface area contributed by atoms with Crippen LogP contribution in [0.2, 0.25) is 0 Å². The van der Waals surface area contributed by atoms with E-state index in [1.807, 2.05) is 0 Å². The van der Waals surface area contributed by atoms with Gasteiger partial charge in [-0.05, 0) is 0 Å². The van der Waals surface area contributed by atoms with Gasteiger partial charge in [0, 0.05) is 13.1 Å². The number of nitrogens with one attached hydrogen (secondary N) is 1. The molecule has 3 N–H and O–H groups in total. The molecule has 62 valence electrons. The lowest BCUT2D eigenvalue weighted by molar-refractivity contribution is 0.117. The Bertz CT molecular complexity index is 164. The Morgan fingerprint density at radius 2 is 1.70 bits per heavy atom. The van der Waals surface area contributed by atoms with Gasteiger partial charge in [-0.3, -0.25) is 4.55 Å². The zero-order valence-electron chi connectivity index (χ0n) is 5.61. The summed E-state index contributed by atoms with van der Waals surface area (Å²) < 4.78 is 25.9. The molecule has 0 spiro atoms. The molecule has 0 aliphatic carbocycles. The van der Waals surface area contributed by atoms with Crippen molar-refractivity contribution in [1.29, 1.82) is 0 Å². The SMILES string of the molecule is CS(=O)(=O)O.OC1CNC1. The molecule has 0 saturated carbocycles. The van der Waals surface area contributed by atoms with Crippen LogP contribution in [0.5, 0.6) is 0 Å². The molecule has 0 amide bonds. The molecule has 1 fully saturated rings. The summed E-state index contributed by atoms with van der Waals surface area (Å²) in [5, 5.41) is 11.3. The summed E-state index contributed by atoms with van der Waals surface area (Å²) in [6.45, 7) is 1.58. The molecule has 1 rings (SSSR count). The summed E-state index contributed by atoms with van der Waals surface area (Å²) in [4.78, 5) is 0. The fourth-order valence-electron chi connectivity index (χ4n) is 0.273. The predicted octanol–water partition coefficient (Wildman–Crippen LogP) is -1.55. The van der Waals surface area contributed by atoms with Crippen molar-refractivity contribution in [1.82, 2.24) is 5.32 Å². The third kappa shape index (κ3) is 10.7. The molecule has 0 bridgehead atoms. The Labute approximate surface area is 59.8 Å². The minimum Gasteiger partial charge on any atom is -0.390 e. The van der Waals surface area contributed by atoms with Crippen molar-refractivity contribution < 1.29 is 18.1 Å². The number of rotatable bonds is 0. The second-order valence-electron chi connectivity index (χ2n) is 2.05. The van der Waals surface area contributed by atoms with Crippen LogP contribution in [0.15, 0.2) is 0 Å². The van der Waals surface area contributed by atoms with Gasteiger partial charge < -0.3 is 10.4 Å². The number of hydrogen-bond donors (Lipinski definition) is 3. The Morgan fingerprint density at radius 3 is 1.70 bits per heavy atom. The summed E-state index contributed by atoms with van der Waals surface area (Å²) in [5.41, 5.74) is 0. The fraction of sp³-hybridized carbons (Fsp3) is 1.00. The van der Waals surface area contributed by atoms with E-state index < -0.39 is 10.1 Å². The minimum atomic E-state index is -3.67. The molecular formula is C4H11NO4S. The monoisotopic (exact) mass is 169 g/mol. The number of aliphatic hydroxyl groups is 1. The average molecular weight is 169 g/mol. The van der Waals surface area contributed by atoms with Gasteiger partial charge in [-0.15, -0.1) is 0 Å². The standard InChI is InChI=1S/C3H7NO.CH4O3S/c5-3-1-4-2-3;1-5(2,3)4/h3-5H,1-2H2;1H3,(H,2,3,4). The summed E-state index contributed by atoms with van der Waals surface area (Å²) in [7, 11) is -3.67. The molecule has 0 radical (unpaired) electrons. The van der Waals surface area contributed by atoms with Crippen molar-refractivity contribution in [2.24, 2.45) is 0 Å². The molecule has 0 aromatic carbocycles. The zero-order valence-corrected chi connectivity index (χ0v) is 6.43. The maximum atomic E-state index is 9.19. The molecule has 1 saturated heterocycles. The van der Waals surface area contributed by atoms with Crippen molar-refractivity contribution in [2.75, 3.05) is 19.3 Å². The van der Waals surface area contributed by atoms with Crippen molar-refractivity contribution in [3.8, 4) is 0 Å². The first-order valence-electron chi connectivity index (χ1n) is 2.71. The maximum Gasteiger partial charge on any atom is 0.261 e. The smallest absolute Gasteiger partial charge is 0.261 e. The maximum absolute atomic E-state index is 9.19. The normalized spacial score (nSPS) is 18.7. The van der Waals surface area contributed by atoms with Gasteiger partial charge in [0.15, 0.2) is 0 Å². The van der Waals surface area contributed by atoms with E-state index in [-0.39, 0.29) is 6.10 Å². The van der Waals surface area contributed by atoms with E-state index >= 15 is 0 Å². The van der Waals surface area contributed by atoms with E-state index in [1.54, 1.807) is 0 Å². The van der Waals surface area contributed by atoms with E-state index in [1.165, 1.54) is 0 Å². The van der Waals surface area contributed by atoms with Gasteiger partial charge in [0.2, 0.25) is 0 Å². The fourth-order valence-corrected chi connectivity index (χ4v) is 0.273. The highest BCUT2D eigenvalue weighted by molar-refractivity contribution is 7.85. The molecule has 1 aliphatic rings. The van der Waals surface area contributed by atoms with Gasteiger partial charge >= 0.3 is 0 Å². The second kappa shape index (κ2) is 3.87. The Hall–Kier alpha value is -0.170. The van der Waals surface area contributed by atoms with Crippen molar-refractivity contribution in [3.63, 3.8) is 0 Å². The predicted molar refractivity (Wildman–Crippen MR) is 36.3 cm³/mol. The van der Waals surface area contributed by atoms with Crippen LogP contribution in [0.1, 0.15) is 0 Å². The lowest BCUT2D eigenvalue weighted by Gasteiger charge is -2.20. The van der Waals surface area contributed by atoms with E-state index in [0.29, 0.717) is 6.26 Å². The number of β-amino-alcohol motifs (C(OH)–C–C–N with tert-alkyl or cyclic N) is 1. The number of hydrogen-bond acceptors (Lipinski definition) is 4. The van der Waals surface area contributed by atoms with E-state index in [9.17, 15) is 8.42 Å². The van der Waals surface area contributed by atoms with Crippen LogP contribution in [-0.2, 0) is 10.1 Å². The largest absolute Gasteiger partial charge is 0.390 e. The van der Waals surface area contributed by atoms with Gasteiger partial charge in [-0.25, -0.2) is 0 Å². The topological polar surface area (TPSA) is 86.6 Å². The summed E-state index contributed by atoms with van der Waals surface area (Å²) in [5.74, 6) is 0. The highest BCUT2D eigenvalue weighted by Gasteiger charge is 2.10. The van der Waals surface area contributed by atoms with E-state index in [4.69, 9.17) is 9.66 Å². The molecule has 5 nitrogen and oxygen atoms in total. The van der Waals surface area contributed by atoms with Crippen LogP contribution in [0.25, 0.3) is 0 Å². The first kappa shape index (κ1) is 9.83. The molecule has 10 heavy (non-hydrogen) atoms. The highest BCUT2D eigenvalue weighted by Crippen LogP contribution is 1.85. The van der Waals surface area contributed by atoms with E-state index in [0.717, 1.165) is 13.1 Å². The van der Waals surface area contributed by atoms with Gasteiger partial charge in [0.05, 0.1) is 12.4 Å². The van der Waals surface area contributed by atoms with Crippen molar-refractivity contribution in [3.05, 3.63) is 0 Å². The third-order valence-corrected chi connectivity index (χ3v) is 0.760. The lowest BCUT2D eigenvalue weighted by Crippen LogP contribution is -2.46. The van der Waals surface area contributed by atoms with Gasteiger partial charge in [0.1, 0.15) is 0 Å². The molecule has 1 aliphatic heterocycles. The highest BCUT2D eigenvalue weighted by atomic mass is 32.2. The molecule has 0 atom stereocenters. The molecule has 0 aromatic rings. The molecule has 1 heterocycles. The Balaban J connectivity index is 0.000000162. The van der Waals surface area contributed by atoms with Crippen LogP contribution in [0.3, 0.4) is 0 Å². The molecule has 6 heteroatoms. The van der Waals surface area contributed by atoms with Crippen LogP contribution >= 0.6 is 0 Å². The Kier molecular flexibility index (Phi) is 3.80. The van der Waals surface area contributed by atoms with Gasteiger partial charge in [-0.2, -0.15) is 8.42 Å². The average Bonchev–Trinajstić information content (AvgIpc) is 1.56. The van der Waals surface area contributed by atoms with Crippen molar-refractivity contribution in [2.45, 2.75) is 6.10 Å². The van der Waals surface area contributed by atoms with Crippen LogP contribution < -0.4 is 5.32 Å². The third-order valence-electron chi connectivity index (χ3n) is 0.760. The molecular weight excluding hydrogens is 158 g/mol. The van der Waals surface area contributed by atoms with E-state index in [2.05, 4.69) is 5.32 Å². The summed E-state index contributed by atoms with van der Waals surface area (Å²) >= 11 is 0. The van der Waals surface area contributed by atoms with Crippen LogP contribution in [-0.4, -0.2) is 43.5 Å². The first-order valence-corrected chi connectivity index (χ1v) is 4.55. The van der Waals surface area contributed by atoms with Gasteiger partial charge in [-0.1, -0.05) is 0 Å². The minimum absolute atomic E-state index is 0.0463. The van der Waals surface area contributed by atoms with Crippen LogP contribution in [0.4, 0.5) is 0 Å². The quantitative estimate of drug-likeness (QED) is 0.382. The lowest BCUT2D eigenvalue weighted by atomic mass is 10.2. The molecule has 0 unspecified atom stereocenters. The van der Waals surface area contributed by atoms with Crippen molar-refractivity contribution >= 4 is 10.1 Å². The Morgan fingerprint density at radius 1 is 1.50 bits per heavy atom. The van der Waals surface area contributed by atoms with Crippen LogP contribution in [0, 0.1) is 0 Å². The second-order valence-corrected chi connectivity index (χ2v) is 3.51. The first-order chi connectivity index (χ1) is 4.39. The van der Waals surface area contributed by atoms with Gasteiger partial charge in [0.25, 0.3) is 10.1 Å². The number of aliphatic hydroxyl groups excluding tert-OH is 1. The summed E-state index contributed by atoms with van der Waals surface area (Å²) in [6.07, 6.45) is 0.669. The zero-order chi connectivity index (χ0) is 8.20.